The monoisotopic (exact) mass is 265 g/mol. The first-order chi connectivity index (χ1) is 9.15. The van der Waals surface area contributed by atoms with Gasteiger partial charge >= 0.3 is 0 Å². The maximum atomic E-state index is 11.8. The van der Waals surface area contributed by atoms with Gasteiger partial charge in [-0.15, -0.1) is 0 Å². The largest absolute Gasteiger partial charge is 0.399 e. The van der Waals surface area contributed by atoms with Gasteiger partial charge in [0.25, 0.3) is 0 Å². The van der Waals surface area contributed by atoms with E-state index in [4.69, 9.17) is 10.8 Å². The number of nitrogens with zero attached hydrogens (tertiary/aromatic N) is 1. The van der Waals surface area contributed by atoms with Crippen LogP contribution in [0.15, 0.2) is 24.3 Å². The lowest BCUT2D eigenvalue weighted by molar-refractivity contribution is -0.116. The Bertz CT molecular complexity index is 396. The number of anilines is 2. The molecule has 106 valence electrons. The summed E-state index contributed by atoms with van der Waals surface area (Å²) in [5, 5.41) is 11.6. The van der Waals surface area contributed by atoms with Crippen molar-refractivity contribution >= 4 is 17.3 Å². The first kappa shape index (κ1) is 15.5. The highest BCUT2D eigenvalue weighted by molar-refractivity contribution is 5.91. The summed E-state index contributed by atoms with van der Waals surface area (Å²) in [6, 6.07) is 7.15. The molecule has 1 rings (SSSR count). The summed E-state index contributed by atoms with van der Waals surface area (Å²) in [5.41, 5.74) is 7.01. The number of aliphatic hydroxyl groups is 1. The molecule has 0 spiro atoms. The van der Waals surface area contributed by atoms with Gasteiger partial charge < -0.3 is 21.1 Å². The fraction of sp³-hybridized carbons (Fsp3) is 0.500. The Morgan fingerprint density at radius 3 is 2.84 bits per heavy atom. The number of nitrogens with two attached hydrogens (primary N) is 1. The van der Waals surface area contributed by atoms with Crippen molar-refractivity contribution in [3.05, 3.63) is 24.3 Å². The number of carbonyl (C=O) groups is 1. The van der Waals surface area contributed by atoms with Gasteiger partial charge in [-0.1, -0.05) is 13.0 Å². The van der Waals surface area contributed by atoms with Gasteiger partial charge in [0.1, 0.15) is 0 Å². The molecule has 0 aliphatic rings. The number of amides is 1. The second-order valence-electron chi connectivity index (χ2n) is 4.44. The van der Waals surface area contributed by atoms with Crippen LogP contribution in [0.4, 0.5) is 11.4 Å². The van der Waals surface area contributed by atoms with Crippen LogP contribution >= 0.6 is 0 Å². The Balaban J connectivity index is 2.34. The third kappa shape index (κ3) is 6.22. The molecule has 1 aromatic rings. The van der Waals surface area contributed by atoms with Crippen LogP contribution < -0.4 is 11.1 Å². The number of aliphatic hydroxyl groups excluding tert-OH is 1. The minimum absolute atomic E-state index is 0.0203. The highest BCUT2D eigenvalue weighted by Gasteiger charge is 2.07. The lowest BCUT2D eigenvalue weighted by Gasteiger charge is -2.19. The maximum Gasteiger partial charge on any atom is 0.225 e. The number of nitrogen functional groups attached to an aromatic ring is 1. The van der Waals surface area contributed by atoms with E-state index in [1.807, 2.05) is 19.1 Å². The molecule has 0 saturated carbocycles. The van der Waals surface area contributed by atoms with Gasteiger partial charge in [0.2, 0.25) is 5.91 Å². The minimum atomic E-state index is -0.0203. The molecule has 4 N–H and O–H groups in total. The Morgan fingerprint density at radius 1 is 1.42 bits per heavy atom. The lowest BCUT2D eigenvalue weighted by atomic mass is 10.2. The van der Waals surface area contributed by atoms with Crippen LogP contribution in [0.3, 0.4) is 0 Å². The Labute approximate surface area is 114 Å². The zero-order valence-electron chi connectivity index (χ0n) is 11.4. The molecule has 1 amide bonds. The molecule has 0 radical (unpaired) electrons. The van der Waals surface area contributed by atoms with E-state index in [1.165, 1.54) is 0 Å². The molecular formula is C14H23N3O2. The minimum Gasteiger partial charge on any atom is -0.399 e. The Hall–Kier alpha value is -1.59. The van der Waals surface area contributed by atoms with Gasteiger partial charge in [-0.05, 0) is 31.2 Å². The summed E-state index contributed by atoms with van der Waals surface area (Å²) in [7, 11) is 0. The van der Waals surface area contributed by atoms with Crippen LogP contribution in [0.5, 0.6) is 0 Å². The van der Waals surface area contributed by atoms with Gasteiger partial charge in [-0.25, -0.2) is 0 Å². The van der Waals surface area contributed by atoms with Crippen LogP contribution in [-0.2, 0) is 4.79 Å². The number of carbonyl (C=O) groups excluding carboxylic acids is 1. The average Bonchev–Trinajstić information content (AvgIpc) is 2.39. The second-order valence-corrected chi connectivity index (χ2v) is 4.44. The van der Waals surface area contributed by atoms with E-state index in [2.05, 4.69) is 10.2 Å². The maximum absolute atomic E-state index is 11.8. The molecule has 0 aliphatic carbocycles. The number of rotatable bonds is 8. The van der Waals surface area contributed by atoms with Crippen molar-refractivity contribution in [2.45, 2.75) is 19.8 Å². The topological polar surface area (TPSA) is 78.6 Å². The van der Waals surface area contributed by atoms with Crippen LogP contribution in [0.1, 0.15) is 19.8 Å². The van der Waals surface area contributed by atoms with E-state index < -0.39 is 0 Å². The van der Waals surface area contributed by atoms with E-state index in [0.717, 1.165) is 25.2 Å². The zero-order valence-corrected chi connectivity index (χ0v) is 11.4. The zero-order chi connectivity index (χ0) is 14.1. The number of hydrogen-bond acceptors (Lipinski definition) is 4. The number of hydrogen-bond donors (Lipinski definition) is 3. The van der Waals surface area contributed by atoms with E-state index in [0.29, 0.717) is 18.7 Å². The quantitative estimate of drug-likeness (QED) is 0.619. The summed E-state index contributed by atoms with van der Waals surface area (Å²) in [5.74, 6) is -0.0203. The van der Waals surface area contributed by atoms with Crippen molar-refractivity contribution < 1.29 is 9.90 Å². The SMILES string of the molecule is CCN(CCCO)CCC(=O)Nc1cccc(N)c1. The molecule has 0 bridgehead atoms. The van der Waals surface area contributed by atoms with E-state index >= 15 is 0 Å². The molecule has 0 unspecified atom stereocenters. The predicted octanol–water partition coefficient (Wildman–Crippen LogP) is 1.30. The summed E-state index contributed by atoms with van der Waals surface area (Å²) >= 11 is 0. The van der Waals surface area contributed by atoms with Crippen molar-refractivity contribution in [3.63, 3.8) is 0 Å². The highest BCUT2D eigenvalue weighted by atomic mass is 16.3. The molecule has 0 atom stereocenters. The summed E-state index contributed by atoms with van der Waals surface area (Å²) in [6.07, 6.45) is 1.18. The molecule has 1 aromatic carbocycles. The van der Waals surface area contributed by atoms with E-state index in [1.54, 1.807) is 12.1 Å². The van der Waals surface area contributed by atoms with Gasteiger partial charge in [-0.3, -0.25) is 4.79 Å². The first-order valence-corrected chi connectivity index (χ1v) is 6.64. The molecule has 5 nitrogen and oxygen atoms in total. The fourth-order valence-corrected chi connectivity index (χ4v) is 1.82. The molecule has 0 heterocycles. The smallest absolute Gasteiger partial charge is 0.225 e. The molecule has 0 aromatic heterocycles. The second kappa shape index (κ2) is 8.50. The van der Waals surface area contributed by atoms with Gasteiger partial charge in [-0.2, -0.15) is 0 Å². The Kier molecular flexibility index (Phi) is 6.92. The molecule has 0 aliphatic heterocycles. The average molecular weight is 265 g/mol. The molecule has 0 fully saturated rings. The van der Waals surface area contributed by atoms with Crippen molar-refractivity contribution in [2.24, 2.45) is 0 Å². The van der Waals surface area contributed by atoms with Crippen LogP contribution in [-0.4, -0.2) is 42.2 Å². The third-order valence-electron chi connectivity index (χ3n) is 2.91. The first-order valence-electron chi connectivity index (χ1n) is 6.64. The number of nitrogens with one attached hydrogen (secondary N) is 1. The van der Waals surface area contributed by atoms with Gasteiger partial charge in [0, 0.05) is 37.5 Å². The summed E-state index contributed by atoms with van der Waals surface area (Å²) in [4.78, 5) is 13.9. The van der Waals surface area contributed by atoms with Crippen molar-refractivity contribution in [3.8, 4) is 0 Å². The normalized spacial score (nSPS) is 10.7. The Morgan fingerprint density at radius 2 is 2.21 bits per heavy atom. The molecular weight excluding hydrogens is 242 g/mol. The van der Waals surface area contributed by atoms with Crippen molar-refractivity contribution in [1.29, 1.82) is 0 Å². The molecule has 5 heteroatoms. The summed E-state index contributed by atoms with van der Waals surface area (Å²) < 4.78 is 0. The summed E-state index contributed by atoms with van der Waals surface area (Å²) in [6.45, 7) is 4.63. The fourth-order valence-electron chi connectivity index (χ4n) is 1.82. The predicted molar refractivity (Wildman–Crippen MR) is 77.9 cm³/mol. The van der Waals surface area contributed by atoms with Crippen LogP contribution in [0.2, 0.25) is 0 Å². The number of benzene rings is 1. The lowest BCUT2D eigenvalue weighted by Crippen LogP contribution is -2.29. The van der Waals surface area contributed by atoms with E-state index in [-0.39, 0.29) is 12.5 Å². The third-order valence-corrected chi connectivity index (χ3v) is 2.91. The van der Waals surface area contributed by atoms with Gasteiger partial charge in [0.15, 0.2) is 0 Å². The molecule has 0 saturated heterocycles. The standard InChI is InChI=1S/C14H23N3O2/c1-2-17(8-4-10-18)9-7-14(19)16-13-6-3-5-12(15)11-13/h3,5-6,11,18H,2,4,7-10,15H2,1H3,(H,16,19). The molecule has 19 heavy (non-hydrogen) atoms. The van der Waals surface area contributed by atoms with E-state index in [9.17, 15) is 4.79 Å². The van der Waals surface area contributed by atoms with Crippen molar-refractivity contribution in [1.82, 2.24) is 4.90 Å². The van der Waals surface area contributed by atoms with Crippen LogP contribution in [0.25, 0.3) is 0 Å². The van der Waals surface area contributed by atoms with Gasteiger partial charge in [0.05, 0.1) is 0 Å². The van der Waals surface area contributed by atoms with Crippen molar-refractivity contribution in [2.75, 3.05) is 37.3 Å². The highest BCUT2D eigenvalue weighted by Crippen LogP contribution is 2.11. The van der Waals surface area contributed by atoms with Crippen LogP contribution in [0, 0.1) is 0 Å².